The van der Waals surface area contributed by atoms with Crippen LogP contribution in [-0.4, -0.2) is 43.9 Å². The Morgan fingerprint density at radius 1 is 1.46 bits per heavy atom. The molecule has 8 nitrogen and oxygen atoms in total. The van der Waals surface area contributed by atoms with Gasteiger partial charge >= 0.3 is 0 Å². The van der Waals surface area contributed by atoms with Crippen LogP contribution in [0.1, 0.15) is 19.8 Å². The first-order chi connectivity index (χ1) is 10.8. The van der Waals surface area contributed by atoms with Crippen molar-refractivity contribution in [2.24, 2.45) is 11.7 Å². The van der Waals surface area contributed by atoms with Gasteiger partial charge in [-0.1, -0.05) is 0 Å². The summed E-state index contributed by atoms with van der Waals surface area (Å²) in [5.41, 5.74) is 5.68. The molecule has 1 fully saturated rings. The lowest BCUT2D eigenvalue weighted by Gasteiger charge is -2.33. The van der Waals surface area contributed by atoms with Gasteiger partial charge in [-0.05, 0) is 31.7 Å². The van der Waals surface area contributed by atoms with Crippen LogP contribution in [0, 0.1) is 16.0 Å². The monoisotopic (exact) mass is 379 g/mol. The maximum absolute atomic E-state index is 12.9. The number of rotatable bonds is 5. The molecule has 2 unspecified atom stereocenters. The van der Waals surface area contributed by atoms with Crippen LogP contribution < -0.4 is 10.5 Å². The Balaban J connectivity index is 0.00000288. The summed E-state index contributed by atoms with van der Waals surface area (Å²) in [6.45, 7) is 2.62. The second-order valence-corrected chi connectivity index (χ2v) is 7.62. The molecule has 1 aromatic rings. The van der Waals surface area contributed by atoms with E-state index in [1.165, 1.54) is 23.5 Å². The lowest BCUT2D eigenvalue weighted by atomic mass is 9.93. The second kappa shape index (κ2) is 8.11. The van der Waals surface area contributed by atoms with Crippen LogP contribution in [-0.2, 0) is 10.0 Å². The Bertz CT molecular complexity index is 696. The molecular formula is C14H22ClN3O5S. The molecule has 0 saturated carbocycles. The van der Waals surface area contributed by atoms with Crippen molar-refractivity contribution in [3.05, 3.63) is 28.3 Å². The lowest BCUT2D eigenvalue weighted by Crippen LogP contribution is -2.45. The molecule has 0 radical (unpaired) electrons. The van der Waals surface area contributed by atoms with Crippen LogP contribution in [0.15, 0.2) is 23.1 Å². The third kappa shape index (κ3) is 4.15. The van der Waals surface area contributed by atoms with Gasteiger partial charge in [-0.2, -0.15) is 4.31 Å². The van der Waals surface area contributed by atoms with Gasteiger partial charge in [0, 0.05) is 25.2 Å². The molecule has 0 aliphatic carbocycles. The Hall–Kier alpha value is -1.42. The molecule has 0 amide bonds. The topological polar surface area (TPSA) is 116 Å². The van der Waals surface area contributed by atoms with E-state index in [0.29, 0.717) is 13.1 Å². The second-order valence-electron chi connectivity index (χ2n) is 5.72. The highest BCUT2D eigenvalue weighted by atomic mass is 35.5. The first kappa shape index (κ1) is 20.6. The number of hydrogen-bond acceptors (Lipinski definition) is 6. The molecule has 0 aromatic heterocycles. The summed E-state index contributed by atoms with van der Waals surface area (Å²) in [6, 6.07) is 3.43. The Morgan fingerprint density at radius 3 is 2.67 bits per heavy atom. The SMILES string of the molecule is COc1cc([N+](=O)[O-])ccc1S(=O)(=O)N1CCCC(C(C)N)C1.Cl. The molecule has 2 rings (SSSR count). The van der Waals surface area contributed by atoms with E-state index in [9.17, 15) is 18.5 Å². The molecule has 1 aromatic carbocycles. The third-order valence-electron chi connectivity index (χ3n) is 4.14. The smallest absolute Gasteiger partial charge is 0.273 e. The predicted octanol–water partition coefficient (Wildman–Crippen LogP) is 1.77. The summed E-state index contributed by atoms with van der Waals surface area (Å²) in [5.74, 6) is 0.0738. The van der Waals surface area contributed by atoms with E-state index in [1.54, 1.807) is 0 Å². The minimum Gasteiger partial charge on any atom is -0.495 e. The van der Waals surface area contributed by atoms with Crippen LogP contribution in [0.5, 0.6) is 5.75 Å². The van der Waals surface area contributed by atoms with Gasteiger partial charge in [0.1, 0.15) is 10.6 Å². The van der Waals surface area contributed by atoms with E-state index in [2.05, 4.69) is 0 Å². The Morgan fingerprint density at radius 2 is 2.12 bits per heavy atom. The van der Waals surface area contributed by atoms with Crippen molar-refractivity contribution in [2.75, 3.05) is 20.2 Å². The number of methoxy groups -OCH3 is 1. The van der Waals surface area contributed by atoms with Crippen molar-refractivity contribution in [1.82, 2.24) is 4.31 Å². The molecule has 1 aliphatic heterocycles. The zero-order valence-corrected chi connectivity index (χ0v) is 15.2. The number of ether oxygens (including phenoxy) is 1. The lowest BCUT2D eigenvalue weighted by molar-refractivity contribution is -0.385. The quantitative estimate of drug-likeness (QED) is 0.615. The fourth-order valence-corrected chi connectivity index (χ4v) is 4.42. The number of non-ortho nitro benzene ring substituents is 1. The van der Waals surface area contributed by atoms with Crippen molar-refractivity contribution in [2.45, 2.75) is 30.7 Å². The van der Waals surface area contributed by atoms with Gasteiger partial charge in [-0.15, -0.1) is 12.4 Å². The average molecular weight is 380 g/mol. The highest BCUT2D eigenvalue weighted by Crippen LogP contribution is 2.32. The van der Waals surface area contributed by atoms with Gasteiger partial charge in [0.25, 0.3) is 5.69 Å². The summed E-state index contributed by atoms with van der Waals surface area (Å²) in [5, 5.41) is 10.8. The first-order valence-electron chi connectivity index (χ1n) is 7.35. The minimum atomic E-state index is -3.78. The summed E-state index contributed by atoms with van der Waals surface area (Å²) in [6.07, 6.45) is 1.63. The zero-order valence-electron chi connectivity index (χ0n) is 13.5. The number of sulfonamides is 1. The van der Waals surface area contributed by atoms with Gasteiger partial charge in [0.2, 0.25) is 10.0 Å². The molecule has 2 N–H and O–H groups in total. The van der Waals surface area contributed by atoms with E-state index in [1.807, 2.05) is 6.92 Å². The summed E-state index contributed by atoms with van der Waals surface area (Å²) in [7, 11) is -2.49. The molecule has 1 saturated heterocycles. The molecular weight excluding hydrogens is 358 g/mol. The van der Waals surface area contributed by atoms with Crippen LogP contribution in [0.3, 0.4) is 0 Å². The highest BCUT2D eigenvalue weighted by molar-refractivity contribution is 7.89. The number of halogens is 1. The van der Waals surface area contributed by atoms with Crippen molar-refractivity contribution >= 4 is 28.1 Å². The minimum absolute atomic E-state index is 0. The maximum atomic E-state index is 12.9. The molecule has 0 spiro atoms. The molecule has 24 heavy (non-hydrogen) atoms. The van der Waals surface area contributed by atoms with E-state index in [0.717, 1.165) is 18.9 Å². The van der Waals surface area contributed by atoms with Crippen molar-refractivity contribution in [1.29, 1.82) is 0 Å². The molecule has 2 atom stereocenters. The van der Waals surface area contributed by atoms with Gasteiger partial charge in [-0.25, -0.2) is 8.42 Å². The predicted molar refractivity (Wildman–Crippen MR) is 92.0 cm³/mol. The molecule has 136 valence electrons. The van der Waals surface area contributed by atoms with Crippen molar-refractivity contribution in [3.63, 3.8) is 0 Å². The first-order valence-corrected chi connectivity index (χ1v) is 8.79. The van der Waals surface area contributed by atoms with E-state index in [-0.39, 0.29) is 40.7 Å². The van der Waals surface area contributed by atoms with Crippen LogP contribution in [0.4, 0.5) is 5.69 Å². The van der Waals surface area contributed by atoms with Crippen LogP contribution in [0.25, 0.3) is 0 Å². The highest BCUT2D eigenvalue weighted by Gasteiger charge is 2.33. The third-order valence-corrected chi connectivity index (χ3v) is 6.04. The van der Waals surface area contributed by atoms with Crippen molar-refractivity contribution in [3.8, 4) is 5.75 Å². The zero-order chi connectivity index (χ0) is 17.2. The Kier molecular flexibility index (Phi) is 6.97. The number of nitrogens with two attached hydrogens (primary N) is 1. The van der Waals surface area contributed by atoms with Crippen molar-refractivity contribution < 1.29 is 18.1 Å². The van der Waals surface area contributed by atoms with Gasteiger partial charge in [0.05, 0.1) is 18.1 Å². The normalized spacial score (nSPS) is 20.0. The number of nitro groups is 1. The number of piperidine rings is 1. The van der Waals surface area contributed by atoms with E-state index in [4.69, 9.17) is 10.5 Å². The van der Waals surface area contributed by atoms with Gasteiger partial charge in [0.15, 0.2) is 0 Å². The summed E-state index contributed by atoms with van der Waals surface area (Å²) in [4.78, 5) is 10.2. The fraction of sp³-hybridized carbons (Fsp3) is 0.571. The van der Waals surface area contributed by atoms with Crippen LogP contribution in [0.2, 0.25) is 0 Å². The molecule has 1 aliphatic rings. The fourth-order valence-electron chi connectivity index (χ4n) is 2.74. The Labute approximate surface area is 147 Å². The number of nitrogens with zero attached hydrogens (tertiary/aromatic N) is 2. The average Bonchev–Trinajstić information content (AvgIpc) is 2.54. The number of hydrogen-bond donors (Lipinski definition) is 1. The van der Waals surface area contributed by atoms with Gasteiger partial charge in [-0.3, -0.25) is 10.1 Å². The largest absolute Gasteiger partial charge is 0.495 e. The maximum Gasteiger partial charge on any atom is 0.273 e. The number of benzene rings is 1. The molecule has 10 heteroatoms. The number of nitro benzene ring substituents is 1. The van der Waals surface area contributed by atoms with E-state index >= 15 is 0 Å². The summed E-state index contributed by atoms with van der Waals surface area (Å²) < 4.78 is 32.1. The molecule has 0 bridgehead atoms. The molecule has 1 heterocycles. The van der Waals surface area contributed by atoms with Crippen LogP contribution >= 0.6 is 12.4 Å². The standard InChI is InChI=1S/C14H21N3O5S.ClH/c1-10(15)11-4-3-7-16(9-11)23(20,21)14-6-5-12(17(18)19)8-13(14)22-2;/h5-6,8,10-11H,3-4,7,9,15H2,1-2H3;1H. The van der Waals surface area contributed by atoms with E-state index < -0.39 is 14.9 Å². The van der Waals surface area contributed by atoms with Gasteiger partial charge < -0.3 is 10.5 Å². The summed E-state index contributed by atoms with van der Waals surface area (Å²) >= 11 is 0.